The first kappa shape index (κ1) is 16.9. The first-order chi connectivity index (χ1) is 8.93. The molecular weight excluding hydrogens is 266 g/mol. The highest BCUT2D eigenvalue weighted by atomic mass is 32.2. The van der Waals surface area contributed by atoms with E-state index < -0.39 is 9.84 Å². The maximum atomic E-state index is 12.1. The smallest absolute Gasteiger partial charge is 0.157 e. The summed E-state index contributed by atoms with van der Waals surface area (Å²) >= 11 is 0. The zero-order valence-electron chi connectivity index (χ0n) is 12.2. The third-order valence-electron chi connectivity index (χ3n) is 3.28. The van der Waals surface area contributed by atoms with E-state index in [2.05, 4.69) is 5.32 Å². The average Bonchev–Trinajstić information content (AvgIpc) is 2.74. The molecule has 1 N–H and O–H groups in total. The summed E-state index contributed by atoms with van der Waals surface area (Å²) < 4.78 is 34.9. The van der Waals surface area contributed by atoms with Crippen molar-refractivity contribution in [1.29, 1.82) is 0 Å². The van der Waals surface area contributed by atoms with Gasteiger partial charge >= 0.3 is 0 Å². The zero-order chi connectivity index (χ0) is 14.3. The van der Waals surface area contributed by atoms with Gasteiger partial charge in [-0.2, -0.15) is 0 Å². The summed E-state index contributed by atoms with van der Waals surface area (Å²) in [4.78, 5) is 0. The van der Waals surface area contributed by atoms with Crippen LogP contribution in [0.1, 0.15) is 33.6 Å². The minimum atomic E-state index is -3.03. The van der Waals surface area contributed by atoms with Crippen molar-refractivity contribution in [3.63, 3.8) is 0 Å². The standard InChI is InChI=1S/C13H27NO4S/c1-11(2)17-8-4-6-14-7-10-19(15,16)13-5-9-18-12(13)3/h11-14H,4-10H2,1-3H3. The van der Waals surface area contributed by atoms with E-state index in [4.69, 9.17) is 9.47 Å². The maximum absolute atomic E-state index is 12.1. The Kier molecular flexibility index (Phi) is 7.28. The molecule has 114 valence electrons. The molecule has 0 bridgehead atoms. The van der Waals surface area contributed by atoms with Crippen molar-refractivity contribution in [2.45, 2.75) is 51.1 Å². The van der Waals surface area contributed by atoms with E-state index >= 15 is 0 Å². The third-order valence-corrected chi connectivity index (χ3v) is 5.60. The predicted molar refractivity (Wildman–Crippen MR) is 76.2 cm³/mol. The van der Waals surface area contributed by atoms with Gasteiger partial charge in [0.25, 0.3) is 0 Å². The van der Waals surface area contributed by atoms with Crippen LogP contribution < -0.4 is 5.32 Å². The molecule has 1 rings (SSSR count). The number of sulfone groups is 1. The van der Waals surface area contributed by atoms with Crippen LogP contribution in [0, 0.1) is 0 Å². The molecule has 0 amide bonds. The van der Waals surface area contributed by atoms with Crippen molar-refractivity contribution >= 4 is 9.84 Å². The Bertz CT molecular complexity index is 343. The average molecular weight is 293 g/mol. The molecule has 0 spiro atoms. The lowest BCUT2D eigenvalue weighted by molar-refractivity contribution is 0.0772. The van der Waals surface area contributed by atoms with E-state index in [0.29, 0.717) is 26.2 Å². The van der Waals surface area contributed by atoms with Crippen molar-refractivity contribution in [2.75, 3.05) is 32.1 Å². The fraction of sp³-hybridized carbons (Fsp3) is 1.00. The van der Waals surface area contributed by atoms with Gasteiger partial charge in [-0.15, -0.1) is 0 Å². The lowest BCUT2D eigenvalue weighted by Crippen LogP contribution is -2.34. The van der Waals surface area contributed by atoms with Crippen LogP contribution in [0.3, 0.4) is 0 Å². The largest absolute Gasteiger partial charge is 0.379 e. The molecule has 1 aliphatic heterocycles. The van der Waals surface area contributed by atoms with Gasteiger partial charge in [-0.25, -0.2) is 8.42 Å². The second kappa shape index (κ2) is 8.19. The minimum absolute atomic E-state index is 0.163. The number of ether oxygens (including phenoxy) is 2. The van der Waals surface area contributed by atoms with E-state index in [1.165, 1.54) is 0 Å². The number of hydrogen-bond acceptors (Lipinski definition) is 5. The van der Waals surface area contributed by atoms with Gasteiger partial charge in [0.2, 0.25) is 0 Å². The van der Waals surface area contributed by atoms with Crippen molar-refractivity contribution in [2.24, 2.45) is 0 Å². The second-order valence-electron chi connectivity index (χ2n) is 5.29. The molecule has 1 aliphatic rings. The van der Waals surface area contributed by atoms with Crippen LogP contribution in [-0.4, -0.2) is 57.9 Å². The molecule has 1 saturated heterocycles. The molecule has 19 heavy (non-hydrogen) atoms. The van der Waals surface area contributed by atoms with Gasteiger partial charge in [-0.05, 0) is 40.2 Å². The van der Waals surface area contributed by atoms with Crippen LogP contribution in [0.5, 0.6) is 0 Å². The van der Waals surface area contributed by atoms with E-state index in [1.807, 2.05) is 20.8 Å². The van der Waals surface area contributed by atoms with E-state index in [1.54, 1.807) is 0 Å². The lowest BCUT2D eigenvalue weighted by atomic mass is 10.3. The Balaban J connectivity index is 2.11. The van der Waals surface area contributed by atoms with E-state index in [-0.39, 0.29) is 23.2 Å². The Morgan fingerprint density at radius 3 is 2.68 bits per heavy atom. The SMILES string of the molecule is CC(C)OCCCNCCS(=O)(=O)C1CCOC1C. The lowest BCUT2D eigenvalue weighted by Gasteiger charge is -2.15. The first-order valence-corrected chi connectivity index (χ1v) is 8.80. The summed E-state index contributed by atoms with van der Waals surface area (Å²) in [6, 6.07) is 0. The van der Waals surface area contributed by atoms with Crippen LogP contribution in [0.4, 0.5) is 0 Å². The Hall–Kier alpha value is -0.170. The number of nitrogens with one attached hydrogen (secondary N) is 1. The van der Waals surface area contributed by atoms with Gasteiger partial charge in [-0.1, -0.05) is 0 Å². The number of rotatable bonds is 9. The third kappa shape index (κ3) is 6.21. The predicted octanol–water partition coefficient (Wildman–Crippen LogP) is 0.983. The van der Waals surface area contributed by atoms with Crippen molar-refractivity contribution in [3.8, 4) is 0 Å². The van der Waals surface area contributed by atoms with Crippen LogP contribution >= 0.6 is 0 Å². The normalized spacial score (nSPS) is 24.2. The molecule has 0 aromatic rings. The van der Waals surface area contributed by atoms with Crippen LogP contribution in [0.25, 0.3) is 0 Å². The van der Waals surface area contributed by atoms with Gasteiger partial charge in [0.05, 0.1) is 23.2 Å². The summed E-state index contributed by atoms with van der Waals surface area (Å²) in [7, 11) is -3.03. The van der Waals surface area contributed by atoms with Crippen molar-refractivity contribution in [3.05, 3.63) is 0 Å². The molecule has 2 atom stereocenters. The first-order valence-electron chi connectivity index (χ1n) is 7.09. The molecule has 2 unspecified atom stereocenters. The summed E-state index contributed by atoms with van der Waals surface area (Å²) in [6.45, 7) is 8.42. The Morgan fingerprint density at radius 2 is 2.11 bits per heavy atom. The van der Waals surface area contributed by atoms with Crippen molar-refractivity contribution < 1.29 is 17.9 Å². The van der Waals surface area contributed by atoms with E-state index in [0.717, 1.165) is 13.0 Å². The van der Waals surface area contributed by atoms with Crippen LogP contribution in [-0.2, 0) is 19.3 Å². The molecule has 0 radical (unpaired) electrons. The topological polar surface area (TPSA) is 64.6 Å². The summed E-state index contributed by atoms with van der Waals surface area (Å²) in [6.07, 6.45) is 1.63. The summed E-state index contributed by atoms with van der Waals surface area (Å²) in [5, 5.41) is 2.83. The molecule has 6 heteroatoms. The molecule has 0 aliphatic carbocycles. The highest BCUT2D eigenvalue weighted by Crippen LogP contribution is 2.21. The quantitative estimate of drug-likeness (QED) is 0.642. The zero-order valence-corrected chi connectivity index (χ0v) is 13.0. The van der Waals surface area contributed by atoms with E-state index in [9.17, 15) is 8.42 Å². The molecule has 0 aromatic carbocycles. The van der Waals surface area contributed by atoms with Gasteiger partial charge in [0, 0.05) is 19.8 Å². The monoisotopic (exact) mass is 293 g/mol. The van der Waals surface area contributed by atoms with Gasteiger partial charge in [0.1, 0.15) is 0 Å². The fourth-order valence-electron chi connectivity index (χ4n) is 2.19. The molecule has 0 saturated carbocycles. The van der Waals surface area contributed by atoms with Crippen LogP contribution in [0.2, 0.25) is 0 Å². The maximum Gasteiger partial charge on any atom is 0.157 e. The van der Waals surface area contributed by atoms with Crippen molar-refractivity contribution in [1.82, 2.24) is 5.32 Å². The minimum Gasteiger partial charge on any atom is -0.379 e. The molecular formula is C13H27NO4S. The molecule has 1 fully saturated rings. The Morgan fingerprint density at radius 1 is 1.37 bits per heavy atom. The Labute approximate surface area is 117 Å². The van der Waals surface area contributed by atoms with Crippen LogP contribution in [0.15, 0.2) is 0 Å². The van der Waals surface area contributed by atoms with Gasteiger partial charge in [-0.3, -0.25) is 0 Å². The summed E-state index contributed by atoms with van der Waals surface area (Å²) in [5.41, 5.74) is 0. The highest BCUT2D eigenvalue weighted by Gasteiger charge is 2.35. The molecule has 0 aromatic heterocycles. The van der Waals surface area contributed by atoms with Gasteiger partial charge in [0.15, 0.2) is 9.84 Å². The second-order valence-corrected chi connectivity index (χ2v) is 7.63. The fourth-order valence-corrected chi connectivity index (χ4v) is 4.04. The van der Waals surface area contributed by atoms with Gasteiger partial charge < -0.3 is 14.8 Å². The molecule has 5 nitrogen and oxygen atoms in total. The molecule has 1 heterocycles. The number of hydrogen-bond donors (Lipinski definition) is 1. The highest BCUT2D eigenvalue weighted by molar-refractivity contribution is 7.92. The summed E-state index contributed by atoms with van der Waals surface area (Å²) in [5.74, 6) is 0.191.